The van der Waals surface area contributed by atoms with Crippen LogP contribution in [0.15, 0.2) is 34.5 Å². The summed E-state index contributed by atoms with van der Waals surface area (Å²) in [4.78, 5) is 29.3. The minimum Gasteiger partial charge on any atom is -0.469 e. The number of ether oxygens (including phenoxy) is 1. The highest BCUT2D eigenvalue weighted by Crippen LogP contribution is 2.22. The van der Waals surface area contributed by atoms with Crippen LogP contribution in [-0.2, 0) is 16.1 Å². The molecule has 128 valence electrons. The maximum Gasteiger partial charge on any atom is 0.307 e. The summed E-state index contributed by atoms with van der Waals surface area (Å²) < 4.78 is 4.73. The van der Waals surface area contributed by atoms with Crippen molar-refractivity contribution in [1.29, 1.82) is 0 Å². The number of esters is 1. The van der Waals surface area contributed by atoms with Gasteiger partial charge in [0.2, 0.25) is 0 Å². The van der Waals surface area contributed by atoms with E-state index in [0.717, 1.165) is 10.5 Å². The molecule has 0 aliphatic rings. The Morgan fingerprint density at radius 3 is 2.62 bits per heavy atom. The first-order valence-electron chi connectivity index (χ1n) is 7.23. The number of carbonyl (C=O) groups excluding carboxylic acids is 2. The SMILES string of the molecule is COC(=O)CC(NC(=O)c1csc(CN)n1)c1ccc(SC)cc1. The predicted molar refractivity (Wildman–Crippen MR) is 95.1 cm³/mol. The van der Waals surface area contributed by atoms with Gasteiger partial charge in [-0.05, 0) is 24.0 Å². The van der Waals surface area contributed by atoms with Crippen molar-refractivity contribution in [3.63, 3.8) is 0 Å². The lowest BCUT2D eigenvalue weighted by Gasteiger charge is -2.18. The molecule has 2 aromatic rings. The minimum absolute atomic E-state index is 0.0503. The monoisotopic (exact) mass is 365 g/mol. The molecule has 24 heavy (non-hydrogen) atoms. The van der Waals surface area contributed by atoms with Gasteiger partial charge in [-0.25, -0.2) is 4.98 Å². The number of thioether (sulfide) groups is 1. The predicted octanol–water partition coefficient (Wildman–Crippen LogP) is 2.36. The summed E-state index contributed by atoms with van der Waals surface area (Å²) >= 11 is 2.96. The number of hydrogen-bond donors (Lipinski definition) is 2. The maximum absolute atomic E-state index is 12.4. The van der Waals surface area contributed by atoms with Crippen molar-refractivity contribution >= 4 is 35.0 Å². The van der Waals surface area contributed by atoms with Crippen molar-refractivity contribution < 1.29 is 14.3 Å². The van der Waals surface area contributed by atoms with Gasteiger partial charge in [-0.15, -0.1) is 23.1 Å². The van der Waals surface area contributed by atoms with Gasteiger partial charge >= 0.3 is 5.97 Å². The van der Waals surface area contributed by atoms with Gasteiger partial charge in [-0.3, -0.25) is 9.59 Å². The maximum atomic E-state index is 12.4. The molecule has 1 aromatic heterocycles. The van der Waals surface area contributed by atoms with E-state index in [9.17, 15) is 9.59 Å². The van der Waals surface area contributed by atoms with Crippen LogP contribution in [-0.4, -0.2) is 30.2 Å². The van der Waals surface area contributed by atoms with Crippen LogP contribution in [0, 0.1) is 0 Å². The summed E-state index contributed by atoms with van der Waals surface area (Å²) in [5.74, 6) is -0.732. The largest absolute Gasteiger partial charge is 0.469 e. The van der Waals surface area contributed by atoms with Gasteiger partial charge in [0, 0.05) is 16.8 Å². The van der Waals surface area contributed by atoms with Crippen LogP contribution in [0.2, 0.25) is 0 Å². The van der Waals surface area contributed by atoms with Gasteiger partial charge in [0.05, 0.1) is 19.6 Å². The molecule has 0 bridgehead atoms. The Hall–Kier alpha value is -1.90. The fraction of sp³-hybridized carbons (Fsp3) is 0.312. The van der Waals surface area contributed by atoms with Crippen LogP contribution < -0.4 is 11.1 Å². The van der Waals surface area contributed by atoms with Crippen molar-refractivity contribution in [2.45, 2.75) is 23.9 Å². The molecule has 2 rings (SSSR count). The van der Waals surface area contributed by atoms with Gasteiger partial charge < -0.3 is 15.8 Å². The zero-order chi connectivity index (χ0) is 17.5. The molecular formula is C16H19N3O3S2. The average Bonchev–Trinajstić information content (AvgIpc) is 3.10. The average molecular weight is 365 g/mol. The number of nitrogens with two attached hydrogens (primary N) is 1. The second-order valence-corrected chi connectivity index (χ2v) is 6.73. The molecular weight excluding hydrogens is 346 g/mol. The quantitative estimate of drug-likeness (QED) is 0.578. The number of rotatable bonds is 7. The fourth-order valence-corrected chi connectivity index (χ4v) is 3.14. The van der Waals surface area contributed by atoms with Gasteiger partial charge in [-0.2, -0.15) is 0 Å². The fourth-order valence-electron chi connectivity index (χ4n) is 2.08. The molecule has 0 saturated heterocycles. The summed E-state index contributed by atoms with van der Waals surface area (Å²) in [5, 5.41) is 5.19. The van der Waals surface area contributed by atoms with Crippen molar-refractivity contribution in [2.75, 3.05) is 13.4 Å². The van der Waals surface area contributed by atoms with Crippen molar-refractivity contribution in [3.8, 4) is 0 Å². The van der Waals surface area contributed by atoms with Crippen LogP contribution in [0.25, 0.3) is 0 Å². The van der Waals surface area contributed by atoms with E-state index < -0.39 is 12.0 Å². The molecule has 1 heterocycles. The van der Waals surface area contributed by atoms with E-state index in [1.807, 2.05) is 30.5 Å². The normalized spacial score (nSPS) is 11.8. The molecule has 0 aliphatic heterocycles. The molecule has 1 unspecified atom stereocenters. The topological polar surface area (TPSA) is 94.3 Å². The summed E-state index contributed by atoms with van der Waals surface area (Å²) in [6.07, 6.45) is 2.04. The zero-order valence-corrected chi connectivity index (χ0v) is 15.1. The summed E-state index contributed by atoms with van der Waals surface area (Å²) in [7, 11) is 1.33. The Balaban J connectivity index is 2.18. The van der Waals surface area contributed by atoms with Crippen molar-refractivity contribution in [1.82, 2.24) is 10.3 Å². The lowest BCUT2D eigenvalue weighted by molar-refractivity contribution is -0.141. The first-order chi connectivity index (χ1) is 11.6. The molecule has 1 atom stereocenters. The lowest BCUT2D eigenvalue weighted by atomic mass is 10.0. The number of methoxy groups -OCH3 is 1. The van der Waals surface area contributed by atoms with Crippen molar-refractivity contribution in [2.24, 2.45) is 5.73 Å². The van der Waals surface area contributed by atoms with Gasteiger partial charge in [0.1, 0.15) is 10.7 Å². The number of nitrogens with one attached hydrogen (secondary N) is 1. The molecule has 0 fully saturated rings. The van der Waals surface area contributed by atoms with Crippen LogP contribution in [0.1, 0.15) is 33.5 Å². The highest BCUT2D eigenvalue weighted by atomic mass is 32.2. The summed E-state index contributed by atoms with van der Waals surface area (Å²) in [6.45, 7) is 0.291. The standard InChI is InChI=1S/C16H19N3O3S2/c1-22-15(20)7-12(10-3-5-11(23-2)6-4-10)19-16(21)13-9-24-14(8-17)18-13/h3-6,9,12H,7-8,17H2,1-2H3,(H,19,21). The number of amides is 1. The number of benzene rings is 1. The molecule has 3 N–H and O–H groups in total. The van der Waals surface area contributed by atoms with Gasteiger partial charge in [-0.1, -0.05) is 12.1 Å². The van der Waals surface area contributed by atoms with Gasteiger partial charge in [0.25, 0.3) is 5.91 Å². The smallest absolute Gasteiger partial charge is 0.307 e. The molecule has 1 aromatic carbocycles. The Labute approximate surface area is 148 Å². The van der Waals surface area contributed by atoms with E-state index in [1.54, 1.807) is 17.1 Å². The van der Waals surface area contributed by atoms with E-state index in [0.29, 0.717) is 17.2 Å². The van der Waals surface area contributed by atoms with E-state index >= 15 is 0 Å². The van der Waals surface area contributed by atoms with E-state index in [2.05, 4.69) is 10.3 Å². The first kappa shape index (κ1) is 18.4. The van der Waals surface area contributed by atoms with E-state index in [4.69, 9.17) is 10.5 Å². The third kappa shape index (κ3) is 4.80. The minimum atomic E-state index is -0.483. The first-order valence-corrected chi connectivity index (χ1v) is 9.34. The number of hydrogen-bond acceptors (Lipinski definition) is 7. The van der Waals surface area contributed by atoms with Gasteiger partial charge in [0.15, 0.2) is 0 Å². The highest BCUT2D eigenvalue weighted by Gasteiger charge is 2.21. The summed E-state index contributed by atoms with van der Waals surface area (Å²) in [5.41, 5.74) is 6.66. The third-order valence-corrected chi connectivity index (χ3v) is 5.00. The molecule has 6 nitrogen and oxygen atoms in total. The molecule has 1 amide bonds. The van der Waals surface area contributed by atoms with Crippen LogP contribution in [0.3, 0.4) is 0 Å². The molecule has 0 radical (unpaired) electrons. The Bertz CT molecular complexity index is 701. The Morgan fingerprint density at radius 2 is 2.08 bits per heavy atom. The molecule has 0 saturated carbocycles. The number of nitrogens with zero attached hydrogens (tertiary/aromatic N) is 1. The van der Waals surface area contributed by atoms with Crippen LogP contribution in [0.5, 0.6) is 0 Å². The summed E-state index contributed by atoms with van der Waals surface area (Å²) in [6, 6.07) is 7.21. The molecule has 8 heteroatoms. The van der Waals surface area contributed by atoms with Crippen molar-refractivity contribution in [3.05, 3.63) is 45.9 Å². The Morgan fingerprint density at radius 1 is 1.38 bits per heavy atom. The molecule has 0 aliphatic carbocycles. The van der Waals surface area contributed by atoms with Crippen LogP contribution in [0.4, 0.5) is 0 Å². The number of carbonyl (C=O) groups is 2. The zero-order valence-electron chi connectivity index (χ0n) is 13.4. The third-order valence-electron chi connectivity index (χ3n) is 3.38. The Kier molecular flexibility index (Phi) is 6.77. The number of thiazole rings is 1. The second-order valence-electron chi connectivity index (χ2n) is 4.91. The van der Waals surface area contributed by atoms with E-state index in [1.165, 1.54) is 18.4 Å². The van der Waals surface area contributed by atoms with Crippen LogP contribution >= 0.6 is 23.1 Å². The lowest BCUT2D eigenvalue weighted by Crippen LogP contribution is -2.30. The highest BCUT2D eigenvalue weighted by molar-refractivity contribution is 7.98. The molecule has 0 spiro atoms. The number of aromatic nitrogens is 1. The second kappa shape index (κ2) is 8.81. The van der Waals surface area contributed by atoms with E-state index in [-0.39, 0.29) is 12.3 Å².